The summed E-state index contributed by atoms with van der Waals surface area (Å²) in [6, 6.07) is 0. The van der Waals surface area contributed by atoms with Gasteiger partial charge in [0.25, 0.3) is 0 Å². The van der Waals surface area contributed by atoms with Crippen molar-refractivity contribution in [3.63, 3.8) is 0 Å². The van der Waals surface area contributed by atoms with Crippen molar-refractivity contribution in [1.82, 2.24) is 0 Å². The maximum atomic E-state index is 2.50. The highest BCUT2D eigenvalue weighted by atomic mass is 14.4. The largest absolute Gasteiger partial charge is 0.0856 e. The van der Waals surface area contributed by atoms with Crippen LogP contribution in [-0.2, 0) is 0 Å². The molecule has 96 valence electrons. The molecule has 16 heavy (non-hydrogen) atoms. The van der Waals surface area contributed by atoms with E-state index in [-0.39, 0.29) is 7.43 Å². The lowest BCUT2D eigenvalue weighted by molar-refractivity contribution is 0.0599. The highest BCUT2D eigenvalue weighted by Crippen LogP contribution is 2.49. The van der Waals surface area contributed by atoms with Crippen molar-refractivity contribution in [2.24, 2.45) is 10.8 Å². The first-order valence-corrected chi connectivity index (χ1v) is 6.57. The monoisotopic (exact) mass is 224 g/mol. The molecule has 0 saturated carbocycles. The van der Waals surface area contributed by atoms with Gasteiger partial charge in [-0.15, -0.1) is 0 Å². The maximum Gasteiger partial charge on any atom is -0.0272 e. The minimum absolute atomic E-state index is 0. The Morgan fingerprint density at radius 1 is 1.31 bits per heavy atom. The summed E-state index contributed by atoms with van der Waals surface area (Å²) >= 11 is 0. The van der Waals surface area contributed by atoms with Crippen molar-refractivity contribution < 1.29 is 0 Å². The molecule has 0 aromatic heterocycles. The highest BCUT2D eigenvalue weighted by Gasteiger charge is 2.38. The van der Waals surface area contributed by atoms with Crippen molar-refractivity contribution in [3.05, 3.63) is 11.6 Å². The molecular weight excluding hydrogens is 192 g/mol. The van der Waals surface area contributed by atoms with E-state index in [1.165, 1.54) is 38.5 Å². The third kappa shape index (κ3) is 3.37. The van der Waals surface area contributed by atoms with E-state index >= 15 is 0 Å². The maximum absolute atomic E-state index is 2.50. The van der Waals surface area contributed by atoms with E-state index in [9.17, 15) is 0 Å². The molecule has 0 aromatic carbocycles. The number of hydrogen-bond acceptors (Lipinski definition) is 0. The summed E-state index contributed by atoms with van der Waals surface area (Å²) in [4.78, 5) is 0. The summed E-state index contributed by atoms with van der Waals surface area (Å²) in [5.74, 6) is 0. The minimum atomic E-state index is 0. The molecule has 1 atom stereocenters. The van der Waals surface area contributed by atoms with Crippen LogP contribution in [0.2, 0.25) is 0 Å². The number of allylic oxidation sites excluding steroid dienone is 2. The first-order valence-electron chi connectivity index (χ1n) is 6.57. The molecule has 0 bridgehead atoms. The van der Waals surface area contributed by atoms with Crippen LogP contribution >= 0.6 is 0 Å². The van der Waals surface area contributed by atoms with Crippen LogP contribution in [0.4, 0.5) is 0 Å². The van der Waals surface area contributed by atoms with Gasteiger partial charge in [-0.1, -0.05) is 53.2 Å². The van der Waals surface area contributed by atoms with E-state index in [4.69, 9.17) is 0 Å². The second-order valence-electron chi connectivity index (χ2n) is 6.24. The van der Waals surface area contributed by atoms with Gasteiger partial charge in [-0.2, -0.15) is 0 Å². The van der Waals surface area contributed by atoms with Gasteiger partial charge < -0.3 is 0 Å². The molecule has 1 aliphatic rings. The average molecular weight is 224 g/mol. The van der Waals surface area contributed by atoms with Gasteiger partial charge in [-0.25, -0.2) is 0 Å². The third-order valence-corrected chi connectivity index (χ3v) is 5.01. The van der Waals surface area contributed by atoms with Crippen LogP contribution in [0.3, 0.4) is 0 Å². The Bertz CT molecular complexity index is 234. The van der Waals surface area contributed by atoms with Gasteiger partial charge in [-0.3, -0.25) is 0 Å². The van der Waals surface area contributed by atoms with Gasteiger partial charge in [0.2, 0.25) is 0 Å². The Labute approximate surface area is 104 Å². The summed E-state index contributed by atoms with van der Waals surface area (Å²) in [5.41, 5.74) is 2.64. The lowest BCUT2D eigenvalue weighted by Gasteiger charge is -2.45. The average Bonchev–Trinajstić information content (AvgIpc) is 2.15. The van der Waals surface area contributed by atoms with Gasteiger partial charge >= 0.3 is 0 Å². The molecule has 1 unspecified atom stereocenters. The standard InChI is InChI=1S/C15H28.CH4/c1-6-14(3,4)15(5)11-7-9-13(2)10-8-12-15;/h9H,6-8,10-12H2,1-5H3;1H4. The molecular formula is C16H32. The molecule has 0 N–H and O–H groups in total. The van der Waals surface area contributed by atoms with E-state index < -0.39 is 0 Å². The van der Waals surface area contributed by atoms with E-state index in [0.717, 1.165) is 0 Å². The van der Waals surface area contributed by atoms with Gasteiger partial charge in [0.1, 0.15) is 0 Å². The van der Waals surface area contributed by atoms with Crippen LogP contribution in [0, 0.1) is 10.8 Å². The van der Waals surface area contributed by atoms with Crippen LogP contribution in [0.25, 0.3) is 0 Å². The Morgan fingerprint density at radius 2 is 1.94 bits per heavy atom. The topological polar surface area (TPSA) is 0 Å². The fourth-order valence-corrected chi connectivity index (χ4v) is 2.73. The number of rotatable bonds is 2. The van der Waals surface area contributed by atoms with Gasteiger partial charge in [0, 0.05) is 0 Å². The Morgan fingerprint density at radius 3 is 2.50 bits per heavy atom. The Balaban J connectivity index is 0.00000225. The first-order chi connectivity index (χ1) is 6.91. The molecule has 0 aromatic rings. The highest BCUT2D eigenvalue weighted by molar-refractivity contribution is 5.02. The van der Waals surface area contributed by atoms with Crippen LogP contribution in [0.1, 0.15) is 80.6 Å². The summed E-state index contributed by atoms with van der Waals surface area (Å²) in [7, 11) is 0. The predicted molar refractivity (Wildman–Crippen MR) is 75.8 cm³/mol. The zero-order valence-electron chi connectivity index (χ0n) is 11.3. The molecule has 0 radical (unpaired) electrons. The second kappa shape index (κ2) is 5.89. The summed E-state index contributed by atoms with van der Waals surface area (Å²) < 4.78 is 0. The minimum Gasteiger partial charge on any atom is -0.0856 e. The van der Waals surface area contributed by atoms with Crippen LogP contribution in [0.5, 0.6) is 0 Å². The van der Waals surface area contributed by atoms with Gasteiger partial charge in [0.05, 0.1) is 0 Å². The third-order valence-electron chi connectivity index (χ3n) is 5.01. The lowest BCUT2D eigenvalue weighted by atomic mass is 9.60. The molecule has 0 fully saturated rings. The van der Waals surface area contributed by atoms with Crippen molar-refractivity contribution in [3.8, 4) is 0 Å². The quantitative estimate of drug-likeness (QED) is 0.506. The van der Waals surface area contributed by atoms with Gasteiger partial charge in [0.15, 0.2) is 0 Å². The lowest BCUT2D eigenvalue weighted by Crippen LogP contribution is -2.35. The molecule has 1 rings (SSSR count). The SMILES string of the molecule is C.CCC(C)(C)C1(C)CCC=C(C)CCC1. The first kappa shape index (κ1) is 15.7. The second-order valence-corrected chi connectivity index (χ2v) is 6.24. The van der Waals surface area contributed by atoms with Crippen LogP contribution in [0.15, 0.2) is 11.6 Å². The zero-order chi connectivity index (χ0) is 11.5. The summed E-state index contributed by atoms with van der Waals surface area (Å²) in [6.45, 7) is 12.0. The predicted octanol–water partition coefficient (Wildman–Crippen LogP) is 5.98. The van der Waals surface area contributed by atoms with E-state index in [0.29, 0.717) is 10.8 Å². The van der Waals surface area contributed by atoms with Crippen molar-refractivity contribution in [2.75, 3.05) is 0 Å². The Kier molecular flexibility index (Phi) is 5.79. The molecule has 1 aliphatic carbocycles. The molecule has 0 heteroatoms. The van der Waals surface area contributed by atoms with Crippen molar-refractivity contribution in [1.29, 1.82) is 0 Å². The molecule has 0 nitrogen and oxygen atoms in total. The van der Waals surface area contributed by atoms with Crippen molar-refractivity contribution in [2.45, 2.75) is 80.6 Å². The molecule has 0 saturated heterocycles. The Hall–Kier alpha value is -0.260. The number of hydrogen-bond donors (Lipinski definition) is 0. The van der Waals surface area contributed by atoms with E-state index in [1.54, 1.807) is 5.57 Å². The molecule has 0 amide bonds. The van der Waals surface area contributed by atoms with E-state index in [1.807, 2.05) is 0 Å². The van der Waals surface area contributed by atoms with Gasteiger partial charge in [-0.05, 0) is 49.9 Å². The van der Waals surface area contributed by atoms with Crippen LogP contribution in [-0.4, -0.2) is 0 Å². The normalized spacial score (nSPS) is 27.4. The van der Waals surface area contributed by atoms with Crippen molar-refractivity contribution >= 4 is 0 Å². The van der Waals surface area contributed by atoms with E-state index in [2.05, 4.69) is 40.7 Å². The molecule has 0 aliphatic heterocycles. The molecule has 0 spiro atoms. The zero-order valence-corrected chi connectivity index (χ0v) is 11.3. The summed E-state index contributed by atoms with van der Waals surface area (Å²) in [6.07, 6.45) is 10.5. The fourth-order valence-electron chi connectivity index (χ4n) is 2.73. The smallest absolute Gasteiger partial charge is 0.0272 e. The van der Waals surface area contributed by atoms with Crippen LogP contribution < -0.4 is 0 Å². The summed E-state index contributed by atoms with van der Waals surface area (Å²) in [5, 5.41) is 0. The fraction of sp³-hybridized carbons (Fsp3) is 0.875. The molecule has 0 heterocycles.